The van der Waals surface area contributed by atoms with Gasteiger partial charge in [-0.25, -0.2) is 13.8 Å². The van der Waals surface area contributed by atoms with Gasteiger partial charge in [0, 0.05) is 18.8 Å². The van der Waals surface area contributed by atoms with Gasteiger partial charge in [-0.05, 0) is 30.7 Å². The van der Waals surface area contributed by atoms with E-state index in [1.807, 2.05) is 25.1 Å². The van der Waals surface area contributed by atoms with Gasteiger partial charge in [0.1, 0.15) is 17.5 Å². The van der Waals surface area contributed by atoms with E-state index >= 15 is 0 Å². The lowest BCUT2D eigenvalue weighted by atomic mass is 10.1. The highest BCUT2D eigenvalue weighted by Crippen LogP contribution is 2.19. The van der Waals surface area contributed by atoms with Crippen LogP contribution < -0.4 is 10.6 Å². The Hall–Kier alpha value is -3.02. The molecule has 0 radical (unpaired) electrons. The number of hydrogen-bond donors (Lipinski definition) is 2. The quantitative estimate of drug-likeness (QED) is 0.729. The van der Waals surface area contributed by atoms with Crippen LogP contribution in [0.2, 0.25) is 0 Å². The highest BCUT2D eigenvalue weighted by molar-refractivity contribution is 5.55. The maximum atomic E-state index is 13.7. The van der Waals surface area contributed by atoms with E-state index in [0.717, 1.165) is 11.6 Å². The molecular formula is C18H16F2N4. The van der Waals surface area contributed by atoms with Gasteiger partial charge in [0.25, 0.3) is 0 Å². The van der Waals surface area contributed by atoms with Gasteiger partial charge < -0.3 is 10.6 Å². The van der Waals surface area contributed by atoms with Crippen LogP contribution in [0, 0.1) is 18.6 Å². The molecule has 0 amide bonds. The van der Waals surface area contributed by atoms with Crippen molar-refractivity contribution in [1.29, 1.82) is 0 Å². The molecule has 0 saturated heterocycles. The zero-order valence-electron chi connectivity index (χ0n) is 13.1. The highest BCUT2D eigenvalue weighted by atomic mass is 19.1. The predicted molar refractivity (Wildman–Crippen MR) is 90.2 cm³/mol. The largest absolute Gasteiger partial charge is 0.366 e. The number of nitrogens with zero attached hydrogens (tertiary/aromatic N) is 2. The second-order valence-corrected chi connectivity index (χ2v) is 5.36. The lowest BCUT2D eigenvalue weighted by Crippen LogP contribution is -2.05. The Bertz CT molecular complexity index is 852. The molecule has 0 saturated carbocycles. The van der Waals surface area contributed by atoms with E-state index in [1.54, 1.807) is 12.3 Å². The number of benzene rings is 2. The predicted octanol–water partition coefficient (Wildman–Crippen LogP) is 4.42. The molecule has 0 aliphatic rings. The smallest absolute Gasteiger partial charge is 0.229 e. The summed E-state index contributed by atoms with van der Waals surface area (Å²) >= 11 is 0. The molecule has 2 N–H and O–H groups in total. The Morgan fingerprint density at radius 3 is 2.71 bits per heavy atom. The Labute approximate surface area is 138 Å². The summed E-state index contributed by atoms with van der Waals surface area (Å²) in [6, 6.07) is 13.1. The molecule has 1 heterocycles. The van der Waals surface area contributed by atoms with Crippen molar-refractivity contribution in [3.05, 3.63) is 77.5 Å². The minimum absolute atomic E-state index is 0.118. The molecular weight excluding hydrogens is 310 g/mol. The third-order valence-electron chi connectivity index (χ3n) is 3.39. The molecule has 6 heteroatoms. The molecule has 122 valence electrons. The SMILES string of the molecule is Cc1cccc(CNc2ccnc(Nc3ccc(F)cc3F)n2)c1. The fraction of sp³-hybridized carbons (Fsp3) is 0.111. The van der Waals surface area contributed by atoms with Gasteiger partial charge in [-0.3, -0.25) is 0 Å². The van der Waals surface area contributed by atoms with E-state index in [1.165, 1.54) is 17.7 Å². The molecule has 3 aromatic rings. The normalized spacial score (nSPS) is 10.5. The van der Waals surface area contributed by atoms with Gasteiger partial charge in [0.15, 0.2) is 0 Å². The van der Waals surface area contributed by atoms with E-state index in [4.69, 9.17) is 0 Å². The molecule has 0 atom stereocenters. The number of aromatic nitrogens is 2. The zero-order valence-corrected chi connectivity index (χ0v) is 13.1. The summed E-state index contributed by atoms with van der Waals surface area (Å²) in [5.41, 5.74) is 2.44. The molecule has 0 fully saturated rings. The minimum atomic E-state index is -0.697. The number of nitrogens with one attached hydrogen (secondary N) is 2. The first-order valence-electron chi connectivity index (χ1n) is 7.45. The fourth-order valence-electron chi connectivity index (χ4n) is 2.24. The molecule has 0 spiro atoms. The second-order valence-electron chi connectivity index (χ2n) is 5.36. The maximum absolute atomic E-state index is 13.7. The van der Waals surface area contributed by atoms with Crippen molar-refractivity contribution in [2.45, 2.75) is 13.5 Å². The van der Waals surface area contributed by atoms with E-state index in [2.05, 4.69) is 26.7 Å². The number of halogens is 2. The zero-order chi connectivity index (χ0) is 16.9. The number of aryl methyl sites for hydroxylation is 1. The van der Waals surface area contributed by atoms with Crippen molar-refractivity contribution < 1.29 is 8.78 Å². The van der Waals surface area contributed by atoms with Gasteiger partial charge in [-0.2, -0.15) is 4.98 Å². The standard InChI is InChI=1S/C18H16F2N4/c1-12-3-2-4-13(9-12)11-22-17-7-8-21-18(24-17)23-16-6-5-14(19)10-15(16)20/h2-10H,11H2,1H3,(H2,21,22,23,24). The van der Waals surface area contributed by atoms with Crippen LogP contribution in [0.4, 0.5) is 26.2 Å². The van der Waals surface area contributed by atoms with Crippen molar-refractivity contribution in [3.63, 3.8) is 0 Å². The van der Waals surface area contributed by atoms with Crippen LogP contribution in [-0.4, -0.2) is 9.97 Å². The van der Waals surface area contributed by atoms with E-state index in [9.17, 15) is 8.78 Å². The third-order valence-corrected chi connectivity index (χ3v) is 3.39. The molecule has 24 heavy (non-hydrogen) atoms. The van der Waals surface area contributed by atoms with Crippen LogP contribution in [0.25, 0.3) is 0 Å². The van der Waals surface area contributed by atoms with Crippen LogP contribution in [0.15, 0.2) is 54.7 Å². The number of hydrogen-bond acceptors (Lipinski definition) is 4. The van der Waals surface area contributed by atoms with Gasteiger partial charge in [0.2, 0.25) is 5.95 Å². The summed E-state index contributed by atoms with van der Waals surface area (Å²) in [7, 11) is 0. The van der Waals surface area contributed by atoms with E-state index < -0.39 is 11.6 Å². The molecule has 0 aliphatic heterocycles. The van der Waals surface area contributed by atoms with Crippen LogP contribution in [0.5, 0.6) is 0 Å². The van der Waals surface area contributed by atoms with Crippen LogP contribution >= 0.6 is 0 Å². The first-order chi connectivity index (χ1) is 11.6. The Balaban J connectivity index is 1.69. The first-order valence-corrected chi connectivity index (χ1v) is 7.45. The summed E-state index contributed by atoms with van der Waals surface area (Å²) < 4.78 is 26.6. The average molecular weight is 326 g/mol. The summed E-state index contributed by atoms with van der Waals surface area (Å²) in [5, 5.41) is 5.94. The highest BCUT2D eigenvalue weighted by Gasteiger charge is 2.06. The average Bonchev–Trinajstić information content (AvgIpc) is 2.56. The summed E-state index contributed by atoms with van der Waals surface area (Å²) in [6.45, 7) is 2.65. The van der Waals surface area contributed by atoms with E-state index in [-0.39, 0.29) is 11.6 Å². The topological polar surface area (TPSA) is 49.8 Å². The monoisotopic (exact) mass is 326 g/mol. The molecule has 0 aliphatic carbocycles. The fourth-order valence-corrected chi connectivity index (χ4v) is 2.24. The number of rotatable bonds is 5. The molecule has 2 aromatic carbocycles. The lowest BCUT2D eigenvalue weighted by molar-refractivity contribution is 0.586. The van der Waals surface area contributed by atoms with Crippen molar-refractivity contribution in [2.24, 2.45) is 0 Å². The summed E-state index contributed by atoms with van der Waals surface area (Å²) in [4.78, 5) is 8.32. The van der Waals surface area contributed by atoms with Crippen molar-refractivity contribution >= 4 is 17.5 Å². The molecule has 0 unspecified atom stereocenters. The molecule has 3 rings (SSSR count). The Morgan fingerprint density at radius 2 is 1.92 bits per heavy atom. The van der Waals surface area contributed by atoms with Gasteiger partial charge in [-0.1, -0.05) is 29.8 Å². The molecule has 4 nitrogen and oxygen atoms in total. The molecule has 1 aromatic heterocycles. The first kappa shape index (κ1) is 15.9. The van der Waals surface area contributed by atoms with Gasteiger partial charge in [0.05, 0.1) is 5.69 Å². The third kappa shape index (κ3) is 4.04. The van der Waals surface area contributed by atoms with Crippen molar-refractivity contribution in [3.8, 4) is 0 Å². The number of anilines is 3. The lowest BCUT2D eigenvalue weighted by Gasteiger charge is -2.09. The van der Waals surface area contributed by atoms with E-state index in [0.29, 0.717) is 12.4 Å². The van der Waals surface area contributed by atoms with Crippen LogP contribution in [0.3, 0.4) is 0 Å². The Kier molecular flexibility index (Phi) is 4.65. The van der Waals surface area contributed by atoms with Crippen LogP contribution in [0.1, 0.15) is 11.1 Å². The van der Waals surface area contributed by atoms with Crippen LogP contribution in [-0.2, 0) is 6.54 Å². The molecule has 0 bridgehead atoms. The minimum Gasteiger partial charge on any atom is -0.366 e. The summed E-state index contributed by atoms with van der Waals surface area (Å²) in [6.07, 6.45) is 1.56. The van der Waals surface area contributed by atoms with Crippen molar-refractivity contribution in [1.82, 2.24) is 9.97 Å². The summed E-state index contributed by atoms with van der Waals surface area (Å²) in [5.74, 6) is -0.490. The van der Waals surface area contributed by atoms with Gasteiger partial charge in [-0.15, -0.1) is 0 Å². The van der Waals surface area contributed by atoms with Gasteiger partial charge >= 0.3 is 0 Å². The second kappa shape index (κ2) is 7.04. The Morgan fingerprint density at radius 1 is 1.04 bits per heavy atom. The maximum Gasteiger partial charge on any atom is 0.229 e. The van der Waals surface area contributed by atoms with Crippen molar-refractivity contribution in [2.75, 3.05) is 10.6 Å².